The zero-order valence-electron chi connectivity index (χ0n) is 8.54. The van der Waals surface area contributed by atoms with E-state index in [1.54, 1.807) is 30.3 Å². The van der Waals surface area contributed by atoms with Gasteiger partial charge in [0.1, 0.15) is 10.6 Å². The Morgan fingerprint density at radius 2 is 1.81 bits per heavy atom. The van der Waals surface area contributed by atoms with Crippen molar-refractivity contribution >= 4 is 20.9 Å². The third-order valence-electron chi connectivity index (χ3n) is 2.33. The van der Waals surface area contributed by atoms with Crippen LogP contribution in [0.15, 0.2) is 41.3 Å². The van der Waals surface area contributed by atoms with Crippen LogP contribution < -0.4 is 0 Å². The molecule has 0 saturated carbocycles. The SMILES string of the molecule is COS(=O)(=O)c1c(O)ccc2ccccc12. The fourth-order valence-corrected chi connectivity index (χ4v) is 2.52. The zero-order valence-corrected chi connectivity index (χ0v) is 9.36. The highest BCUT2D eigenvalue weighted by Gasteiger charge is 2.21. The van der Waals surface area contributed by atoms with Gasteiger partial charge in [-0.15, -0.1) is 0 Å². The lowest BCUT2D eigenvalue weighted by molar-refractivity contribution is 0.391. The highest BCUT2D eigenvalue weighted by molar-refractivity contribution is 7.87. The molecule has 0 saturated heterocycles. The van der Waals surface area contributed by atoms with E-state index in [-0.39, 0.29) is 10.6 Å². The third-order valence-corrected chi connectivity index (χ3v) is 3.70. The van der Waals surface area contributed by atoms with E-state index in [4.69, 9.17) is 0 Å². The first-order chi connectivity index (χ1) is 7.56. The Hall–Kier alpha value is -1.59. The van der Waals surface area contributed by atoms with Gasteiger partial charge in [-0.3, -0.25) is 4.18 Å². The first-order valence-electron chi connectivity index (χ1n) is 4.57. The second-order valence-electron chi connectivity index (χ2n) is 3.26. The molecule has 4 nitrogen and oxygen atoms in total. The van der Waals surface area contributed by atoms with Crippen molar-refractivity contribution in [2.75, 3.05) is 7.11 Å². The predicted octanol–water partition coefficient (Wildman–Crippen LogP) is 1.88. The summed E-state index contributed by atoms with van der Waals surface area (Å²) < 4.78 is 27.7. The van der Waals surface area contributed by atoms with Crippen LogP contribution in [-0.2, 0) is 14.3 Å². The first kappa shape index (κ1) is 10.9. The Morgan fingerprint density at radius 3 is 2.50 bits per heavy atom. The van der Waals surface area contributed by atoms with Crippen molar-refractivity contribution in [1.29, 1.82) is 0 Å². The van der Waals surface area contributed by atoms with E-state index in [1.807, 2.05) is 0 Å². The molecule has 0 atom stereocenters. The Bertz CT molecular complexity index is 631. The molecule has 5 heteroatoms. The topological polar surface area (TPSA) is 63.6 Å². The summed E-state index contributed by atoms with van der Waals surface area (Å²) in [6, 6.07) is 9.89. The van der Waals surface area contributed by atoms with Crippen molar-refractivity contribution < 1.29 is 17.7 Å². The molecule has 0 aliphatic heterocycles. The molecule has 2 aromatic rings. The number of rotatable bonds is 2. The highest BCUT2D eigenvalue weighted by atomic mass is 32.2. The van der Waals surface area contributed by atoms with Gasteiger partial charge >= 0.3 is 10.1 Å². The summed E-state index contributed by atoms with van der Waals surface area (Å²) in [6.45, 7) is 0. The van der Waals surface area contributed by atoms with E-state index >= 15 is 0 Å². The molecule has 0 amide bonds. The fourth-order valence-electron chi connectivity index (χ4n) is 1.58. The Balaban J connectivity index is 2.92. The number of aromatic hydroxyl groups is 1. The molecule has 0 spiro atoms. The van der Waals surface area contributed by atoms with Gasteiger partial charge in [0.05, 0.1) is 7.11 Å². The summed E-state index contributed by atoms with van der Waals surface area (Å²) in [6.07, 6.45) is 0. The molecule has 2 rings (SSSR count). The van der Waals surface area contributed by atoms with Crippen LogP contribution in [0.25, 0.3) is 10.8 Å². The minimum atomic E-state index is -3.91. The lowest BCUT2D eigenvalue weighted by Gasteiger charge is -2.07. The van der Waals surface area contributed by atoms with Crippen LogP contribution in [0.2, 0.25) is 0 Å². The second-order valence-corrected chi connectivity index (χ2v) is 4.91. The summed E-state index contributed by atoms with van der Waals surface area (Å²) in [5.41, 5.74) is 0. The van der Waals surface area contributed by atoms with E-state index in [9.17, 15) is 13.5 Å². The van der Waals surface area contributed by atoms with Gasteiger partial charge < -0.3 is 5.11 Å². The van der Waals surface area contributed by atoms with Crippen molar-refractivity contribution in [3.63, 3.8) is 0 Å². The molecule has 0 aliphatic carbocycles. The van der Waals surface area contributed by atoms with Crippen molar-refractivity contribution in [1.82, 2.24) is 0 Å². The number of fused-ring (bicyclic) bond motifs is 1. The highest BCUT2D eigenvalue weighted by Crippen LogP contribution is 2.31. The number of hydrogen-bond acceptors (Lipinski definition) is 4. The van der Waals surface area contributed by atoms with Gasteiger partial charge in [0.15, 0.2) is 0 Å². The number of phenolic OH excluding ortho intramolecular Hbond substituents is 1. The van der Waals surface area contributed by atoms with Gasteiger partial charge in [0.2, 0.25) is 0 Å². The Kier molecular flexibility index (Phi) is 2.57. The number of benzene rings is 2. The molecule has 0 unspecified atom stereocenters. The van der Waals surface area contributed by atoms with Gasteiger partial charge in [-0.25, -0.2) is 0 Å². The summed E-state index contributed by atoms with van der Waals surface area (Å²) in [4.78, 5) is -0.187. The maximum absolute atomic E-state index is 11.7. The molecule has 2 aromatic carbocycles. The molecule has 84 valence electrons. The molecule has 0 fully saturated rings. The normalized spacial score (nSPS) is 11.8. The first-order valence-corrected chi connectivity index (χ1v) is 5.98. The van der Waals surface area contributed by atoms with Gasteiger partial charge in [-0.05, 0) is 11.5 Å². The molecule has 1 N–H and O–H groups in total. The Labute approximate surface area is 93.2 Å². The van der Waals surface area contributed by atoms with Crippen LogP contribution in [-0.4, -0.2) is 20.6 Å². The van der Waals surface area contributed by atoms with Crippen LogP contribution in [0.5, 0.6) is 5.75 Å². The summed E-state index contributed by atoms with van der Waals surface area (Å²) in [5, 5.41) is 10.8. The third kappa shape index (κ3) is 1.64. The number of phenols is 1. The largest absolute Gasteiger partial charge is 0.506 e. The van der Waals surface area contributed by atoms with Crippen LogP contribution in [0.4, 0.5) is 0 Å². The van der Waals surface area contributed by atoms with Gasteiger partial charge in [0, 0.05) is 5.39 Å². The molecule has 0 aliphatic rings. The van der Waals surface area contributed by atoms with Gasteiger partial charge in [-0.2, -0.15) is 8.42 Å². The van der Waals surface area contributed by atoms with Crippen molar-refractivity contribution in [2.45, 2.75) is 4.90 Å². The average Bonchev–Trinajstić information content (AvgIpc) is 2.28. The van der Waals surface area contributed by atoms with E-state index < -0.39 is 10.1 Å². The molecule has 0 aromatic heterocycles. The van der Waals surface area contributed by atoms with Crippen LogP contribution in [0.3, 0.4) is 0 Å². The quantitative estimate of drug-likeness (QED) is 0.811. The average molecular weight is 238 g/mol. The number of hydrogen-bond donors (Lipinski definition) is 1. The molecular formula is C11H10O4S. The van der Waals surface area contributed by atoms with E-state index in [1.165, 1.54) is 6.07 Å². The van der Waals surface area contributed by atoms with Crippen LogP contribution in [0.1, 0.15) is 0 Å². The minimum Gasteiger partial charge on any atom is -0.506 e. The zero-order chi connectivity index (χ0) is 11.8. The molecule has 0 heterocycles. The van der Waals surface area contributed by atoms with Crippen LogP contribution in [0, 0.1) is 0 Å². The maximum Gasteiger partial charge on any atom is 0.301 e. The van der Waals surface area contributed by atoms with Crippen molar-refractivity contribution in [3.8, 4) is 5.75 Å². The van der Waals surface area contributed by atoms with Gasteiger partial charge in [-0.1, -0.05) is 30.3 Å². The smallest absolute Gasteiger partial charge is 0.301 e. The maximum atomic E-state index is 11.7. The molecule has 0 bridgehead atoms. The van der Waals surface area contributed by atoms with Crippen LogP contribution >= 0.6 is 0 Å². The lowest BCUT2D eigenvalue weighted by Crippen LogP contribution is -2.03. The molecule has 16 heavy (non-hydrogen) atoms. The fraction of sp³-hybridized carbons (Fsp3) is 0.0909. The van der Waals surface area contributed by atoms with E-state index in [0.29, 0.717) is 5.39 Å². The predicted molar refractivity (Wildman–Crippen MR) is 59.8 cm³/mol. The minimum absolute atomic E-state index is 0.187. The summed E-state index contributed by atoms with van der Waals surface area (Å²) in [5.74, 6) is -0.305. The second kappa shape index (κ2) is 3.77. The summed E-state index contributed by atoms with van der Waals surface area (Å²) >= 11 is 0. The van der Waals surface area contributed by atoms with Gasteiger partial charge in [0.25, 0.3) is 0 Å². The molecular weight excluding hydrogens is 228 g/mol. The standard InChI is InChI=1S/C11H10O4S/c1-15-16(13,14)11-9-5-3-2-4-8(9)6-7-10(11)12/h2-7,12H,1H3. The van der Waals surface area contributed by atoms with E-state index in [2.05, 4.69) is 4.18 Å². The van der Waals surface area contributed by atoms with Crippen molar-refractivity contribution in [3.05, 3.63) is 36.4 Å². The monoisotopic (exact) mass is 238 g/mol. The Morgan fingerprint density at radius 1 is 1.12 bits per heavy atom. The summed E-state index contributed by atoms with van der Waals surface area (Å²) in [7, 11) is -2.84. The van der Waals surface area contributed by atoms with E-state index in [0.717, 1.165) is 12.5 Å². The lowest BCUT2D eigenvalue weighted by atomic mass is 10.1. The van der Waals surface area contributed by atoms with Crippen molar-refractivity contribution in [2.24, 2.45) is 0 Å². The molecule has 0 radical (unpaired) electrons.